The van der Waals surface area contributed by atoms with Crippen LogP contribution in [0, 0.1) is 0 Å². The molecule has 0 heterocycles. The van der Waals surface area contributed by atoms with Gasteiger partial charge in [0.2, 0.25) is 0 Å². The molecule has 0 spiro atoms. The van der Waals surface area contributed by atoms with Gasteiger partial charge in [0.15, 0.2) is 11.6 Å². The van der Waals surface area contributed by atoms with Crippen molar-refractivity contribution in [2.75, 3.05) is 0 Å². The van der Waals surface area contributed by atoms with E-state index in [1.165, 1.54) is 0 Å². The maximum absolute atomic E-state index is 11.8. The largest absolute Gasteiger partial charge is 2.00 e. The van der Waals surface area contributed by atoms with E-state index in [2.05, 4.69) is 0 Å². The van der Waals surface area contributed by atoms with Gasteiger partial charge < -0.3 is 0 Å². The first-order valence-electron chi connectivity index (χ1n) is 5.44. The zero-order chi connectivity index (χ0) is 12.1. The van der Waals surface area contributed by atoms with Crippen molar-refractivity contribution in [2.24, 2.45) is 0 Å². The van der Waals surface area contributed by atoms with E-state index in [4.69, 9.17) is 0 Å². The van der Waals surface area contributed by atoms with E-state index in [0.717, 1.165) is 0 Å². The maximum atomic E-state index is 11.8. The molecule has 0 atom stereocenters. The zero-order valence-corrected chi connectivity index (χ0v) is 12.2. The van der Waals surface area contributed by atoms with Gasteiger partial charge in [-0.3, -0.25) is 9.59 Å². The first kappa shape index (κ1) is 15.1. The van der Waals surface area contributed by atoms with Crippen LogP contribution in [0.2, 0.25) is 0 Å². The van der Waals surface area contributed by atoms with Gasteiger partial charge in [0.25, 0.3) is 0 Å². The molecular weight excluding hydrogens is 252 g/mol. The molecule has 0 fully saturated rings. The Morgan fingerprint density at radius 1 is 0.667 bits per heavy atom. The summed E-state index contributed by atoms with van der Waals surface area (Å²) in [6, 6.07) is 17.7. The minimum Gasteiger partial charge on any atom is -0.294 e. The van der Waals surface area contributed by atoms with Gasteiger partial charge in [-0.25, -0.2) is 0 Å². The van der Waals surface area contributed by atoms with Gasteiger partial charge in [-0.05, 0) is 0 Å². The number of carbonyl (C=O) groups excluding carboxylic acids is 2. The normalized spacial score (nSPS) is 9.33. The quantitative estimate of drug-likeness (QED) is 0.483. The van der Waals surface area contributed by atoms with Crippen molar-refractivity contribution in [3.63, 3.8) is 0 Å². The molecule has 0 aliphatic heterocycles. The van der Waals surface area contributed by atoms with E-state index in [0.29, 0.717) is 11.1 Å². The fourth-order valence-corrected chi connectivity index (χ4v) is 1.60. The minimum atomic E-state index is -0.139. The molecule has 0 amide bonds. The van der Waals surface area contributed by atoms with E-state index < -0.39 is 0 Å². The smallest absolute Gasteiger partial charge is 0.294 e. The van der Waals surface area contributed by atoms with Gasteiger partial charge in [-0.2, -0.15) is 0 Å². The monoisotopic (exact) mass is 264 g/mol. The second-order valence-corrected chi connectivity index (χ2v) is 3.76. The maximum Gasteiger partial charge on any atom is 2.00 e. The summed E-state index contributed by atoms with van der Waals surface area (Å²) in [5, 5.41) is 0. The molecular formula is C15H12CaO2+2. The molecule has 0 bridgehead atoms. The Bertz CT molecular complexity index is 471. The predicted molar refractivity (Wildman–Crippen MR) is 71.9 cm³/mol. The summed E-state index contributed by atoms with van der Waals surface area (Å²) in [5.41, 5.74) is 1.16. The molecule has 0 aliphatic carbocycles. The van der Waals surface area contributed by atoms with E-state index in [9.17, 15) is 9.59 Å². The van der Waals surface area contributed by atoms with Crippen LogP contribution < -0.4 is 0 Å². The average Bonchev–Trinajstić information content (AvgIpc) is 2.40. The molecule has 3 heteroatoms. The van der Waals surface area contributed by atoms with E-state index in [1.54, 1.807) is 48.5 Å². The second-order valence-electron chi connectivity index (χ2n) is 3.76. The molecule has 0 N–H and O–H groups in total. The number of hydrogen-bond donors (Lipinski definition) is 0. The van der Waals surface area contributed by atoms with E-state index in [-0.39, 0.29) is 55.7 Å². The van der Waals surface area contributed by atoms with Crippen LogP contribution in [-0.2, 0) is 0 Å². The summed E-state index contributed by atoms with van der Waals surface area (Å²) in [6.07, 6.45) is -0.0754. The average molecular weight is 264 g/mol. The second kappa shape index (κ2) is 7.47. The number of ketones is 2. The van der Waals surface area contributed by atoms with Crippen molar-refractivity contribution in [3.8, 4) is 0 Å². The summed E-state index contributed by atoms with van der Waals surface area (Å²) in [5.74, 6) is -0.279. The number of benzene rings is 2. The zero-order valence-electron chi connectivity index (χ0n) is 10.0. The van der Waals surface area contributed by atoms with Crippen molar-refractivity contribution >= 4 is 49.3 Å². The number of carbonyl (C=O) groups is 2. The summed E-state index contributed by atoms with van der Waals surface area (Å²) in [4.78, 5) is 23.6. The van der Waals surface area contributed by atoms with Gasteiger partial charge in [0.1, 0.15) is 0 Å². The molecule has 0 saturated carbocycles. The fraction of sp³-hybridized carbons (Fsp3) is 0.0667. The minimum absolute atomic E-state index is 0. The van der Waals surface area contributed by atoms with Crippen molar-refractivity contribution in [3.05, 3.63) is 71.8 Å². The third-order valence-electron chi connectivity index (χ3n) is 2.51. The Morgan fingerprint density at radius 2 is 1.00 bits per heavy atom. The Labute approximate surface area is 136 Å². The molecule has 0 saturated heterocycles. The SMILES string of the molecule is O=C(CC(=O)c1ccccc1)c1ccccc1.[Ca+2]. The Kier molecular flexibility index (Phi) is 6.27. The number of hydrogen-bond acceptors (Lipinski definition) is 2. The van der Waals surface area contributed by atoms with Crippen molar-refractivity contribution in [1.82, 2.24) is 0 Å². The molecule has 0 aliphatic rings. The number of Topliss-reactive ketones (excluding diaryl/α,β-unsaturated/α-hetero) is 2. The van der Waals surface area contributed by atoms with Crippen LogP contribution in [-0.4, -0.2) is 49.3 Å². The van der Waals surface area contributed by atoms with Crippen molar-refractivity contribution < 1.29 is 9.59 Å². The van der Waals surface area contributed by atoms with Gasteiger partial charge in [0.05, 0.1) is 6.42 Å². The standard InChI is InChI=1S/C15H12O2.Ca/c16-14(12-7-3-1-4-8-12)11-15(17)13-9-5-2-6-10-13;/h1-10H,11H2;/q;+2. The van der Waals surface area contributed by atoms with E-state index in [1.807, 2.05) is 12.1 Å². The molecule has 0 unspecified atom stereocenters. The Balaban J connectivity index is 0.00000162. The molecule has 2 aromatic carbocycles. The Morgan fingerprint density at radius 3 is 1.33 bits per heavy atom. The van der Waals surface area contributed by atoms with Gasteiger partial charge in [0, 0.05) is 11.1 Å². The van der Waals surface area contributed by atoms with Crippen LogP contribution in [0.5, 0.6) is 0 Å². The molecule has 18 heavy (non-hydrogen) atoms. The van der Waals surface area contributed by atoms with Gasteiger partial charge in [-0.15, -0.1) is 0 Å². The van der Waals surface area contributed by atoms with Crippen LogP contribution in [0.1, 0.15) is 27.1 Å². The Hall–Kier alpha value is -0.960. The topological polar surface area (TPSA) is 34.1 Å². The molecule has 2 nitrogen and oxygen atoms in total. The summed E-state index contributed by atoms with van der Waals surface area (Å²) in [6.45, 7) is 0. The molecule has 0 radical (unpaired) electrons. The van der Waals surface area contributed by atoms with Crippen molar-refractivity contribution in [1.29, 1.82) is 0 Å². The fourth-order valence-electron chi connectivity index (χ4n) is 1.60. The molecule has 84 valence electrons. The van der Waals surface area contributed by atoms with Crippen LogP contribution >= 0.6 is 0 Å². The first-order valence-corrected chi connectivity index (χ1v) is 5.44. The van der Waals surface area contributed by atoms with E-state index >= 15 is 0 Å². The molecule has 2 aromatic rings. The molecule has 0 aromatic heterocycles. The predicted octanol–water partition coefficient (Wildman–Crippen LogP) is 2.76. The summed E-state index contributed by atoms with van der Waals surface area (Å²) >= 11 is 0. The van der Waals surface area contributed by atoms with Crippen molar-refractivity contribution in [2.45, 2.75) is 6.42 Å². The molecule has 2 rings (SSSR count). The van der Waals surface area contributed by atoms with Gasteiger partial charge >= 0.3 is 37.7 Å². The van der Waals surface area contributed by atoms with Crippen LogP contribution in [0.3, 0.4) is 0 Å². The van der Waals surface area contributed by atoms with Crippen LogP contribution in [0.4, 0.5) is 0 Å². The summed E-state index contributed by atoms with van der Waals surface area (Å²) in [7, 11) is 0. The van der Waals surface area contributed by atoms with Crippen LogP contribution in [0.25, 0.3) is 0 Å². The first-order chi connectivity index (χ1) is 8.27. The van der Waals surface area contributed by atoms with Crippen LogP contribution in [0.15, 0.2) is 60.7 Å². The van der Waals surface area contributed by atoms with Gasteiger partial charge in [-0.1, -0.05) is 60.7 Å². The summed E-state index contributed by atoms with van der Waals surface area (Å²) < 4.78 is 0. The third kappa shape index (κ3) is 4.05. The third-order valence-corrected chi connectivity index (χ3v) is 2.51. The number of rotatable bonds is 4.